The number of carbonyl (C=O) groups is 3. The molecule has 0 aliphatic carbocycles. The molecule has 0 heterocycles. The van der Waals surface area contributed by atoms with Gasteiger partial charge in [-0.05, 0) is 26.9 Å². The summed E-state index contributed by atoms with van der Waals surface area (Å²) in [5.74, 6) is -1.72. The number of aliphatic carboxylic acids is 1. The van der Waals surface area contributed by atoms with Crippen molar-refractivity contribution in [3.63, 3.8) is 0 Å². The molecule has 0 aromatic carbocycles. The van der Waals surface area contributed by atoms with Crippen molar-refractivity contribution in [2.24, 2.45) is 5.92 Å². The number of hydrogen-bond acceptors (Lipinski definition) is 4. The zero-order valence-electron chi connectivity index (χ0n) is 11.9. The van der Waals surface area contributed by atoms with Crippen molar-refractivity contribution in [2.45, 2.75) is 32.7 Å². The van der Waals surface area contributed by atoms with Gasteiger partial charge in [0.15, 0.2) is 0 Å². The predicted octanol–water partition coefficient (Wildman–Crippen LogP) is 0.263. The van der Waals surface area contributed by atoms with Crippen molar-refractivity contribution in [1.82, 2.24) is 15.5 Å². The van der Waals surface area contributed by atoms with Crippen LogP contribution in [0.3, 0.4) is 0 Å². The van der Waals surface area contributed by atoms with Gasteiger partial charge in [0, 0.05) is 25.4 Å². The first-order valence-corrected chi connectivity index (χ1v) is 6.18. The van der Waals surface area contributed by atoms with Crippen molar-refractivity contribution in [1.29, 1.82) is 0 Å². The molecule has 2 unspecified atom stereocenters. The van der Waals surface area contributed by atoms with E-state index >= 15 is 0 Å². The second-order valence-corrected chi connectivity index (χ2v) is 4.98. The van der Waals surface area contributed by atoms with E-state index in [-0.39, 0.29) is 24.8 Å². The lowest BCUT2D eigenvalue weighted by molar-refractivity contribution is -0.138. The lowest BCUT2D eigenvalue weighted by atomic mass is 10.0. The fourth-order valence-electron chi connectivity index (χ4n) is 1.33. The van der Waals surface area contributed by atoms with Gasteiger partial charge >= 0.3 is 12.0 Å². The minimum atomic E-state index is -0.954. The number of nitrogens with zero attached hydrogens (tertiary/aromatic N) is 1. The smallest absolute Gasteiger partial charge is 0.321 e. The Kier molecular flexibility index (Phi) is 7.74. The highest BCUT2D eigenvalue weighted by Crippen LogP contribution is 2.06. The van der Waals surface area contributed by atoms with Crippen LogP contribution < -0.4 is 10.6 Å². The van der Waals surface area contributed by atoms with E-state index in [9.17, 15) is 14.4 Å². The molecule has 7 nitrogen and oxygen atoms in total. The number of carboxylic acids is 1. The van der Waals surface area contributed by atoms with Crippen LogP contribution in [0.1, 0.15) is 26.7 Å². The first kappa shape index (κ1) is 17.4. The molecule has 19 heavy (non-hydrogen) atoms. The molecule has 3 N–H and O–H groups in total. The average Bonchev–Trinajstić information content (AvgIpc) is 2.23. The molecule has 0 rings (SSSR count). The zero-order chi connectivity index (χ0) is 15.0. The second-order valence-electron chi connectivity index (χ2n) is 4.98. The van der Waals surface area contributed by atoms with Crippen LogP contribution in [-0.2, 0) is 9.59 Å². The van der Waals surface area contributed by atoms with Crippen LogP contribution >= 0.6 is 0 Å². The molecule has 0 aliphatic rings. The molecule has 0 spiro atoms. The molecule has 0 fully saturated rings. The monoisotopic (exact) mass is 273 g/mol. The van der Waals surface area contributed by atoms with E-state index in [0.29, 0.717) is 6.54 Å². The number of carboxylic acid groups (broad SMARTS) is 1. The van der Waals surface area contributed by atoms with Gasteiger partial charge in [0.05, 0.1) is 0 Å². The first-order valence-electron chi connectivity index (χ1n) is 6.18. The summed E-state index contributed by atoms with van der Waals surface area (Å²) in [6, 6.07) is -0.395. The van der Waals surface area contributed by atoms with E-state index in [1.807, 2.05) is 25.9 Å². The van der Waals surface area contributed by atoms with Gasteiger partial charge < -0.3 is 15.3 Å². The summed E-state index contributed by atoms with van der Waals surface area (Å²) in [6.45, 7) is 4.02. The van der Waals surface area contributed by atoms with Gasteiger partial charge in [0.1, 0.15) is 0 Å². The summed E-state index contributed by atoms with van der Waals surface area (Å²) >= 11 is 0. The number of imide groups is 1. The molecular weight excluding hydrogens is 250 g/mol. The van der Waals surface area contributed by atoms with E-state index in [1.165, 1.54) is 0 Å². The number of hydrogen-bond donors (Lipinski definition) is 3. The maximum Gasteiger partial charge on any atom is 0.321 e. The quantitative estimate of drug-likeness (QED) is 0.618. The standard InChI is InChI=1S/C12H23N3O4/c1-8(6-11(17)18)5-10(16)14-12(19)13-7-9(2)15(3)4/h8-9H,5-7H2,1-4H3,(H,17,18)(H2,13,14,16,19). The number of carbonyl (C=O) groups excluding carboxylic acids is 2. The third kappa shape index (κ3) is 9.01. The largest absolute Gasteiger partial charge is 0.481 e. The molecule has 2 atom stereocenters. The van der Waals surface area contributed by atoms with Crippen LogP contribution in [0.15, 0.2) is 0 Å². The first-order chi connectivity index (χ1) is 8.72. The summed E-state index contributed by atoms with van der Waals surface area (Å²) in [5.41, 5.74) is 0. The molecule has 0 aromatic rings. The molecule has 110 valence electrons. The zero-order valence-corrected chi connectivity index (χ0v) is 11.9. The molecule has 0 bridgehead atoms. The van der Waals surface area contributed by atoms with Crippen LogP contribution in [0.5, 0.6) is 0 Å². The fraction of sp³-hybridized carbons (Fsp3) is 0.750. The minimum absolute atomic E-state index is 0.0168. The Balaban J connectivity index is 3.93. The van der Waals surface area contributed by atoms with Crippen LogP contribution in [0.4, 0.5) is 4.79 Å². The number of amides is 3. The Labute approximate surface area is 113 Å². The lowest BCUT2D eigenvalue weighted by Crippen LogP contribution is -2.45. The summed E-state index contributed by atoms with van der Waals surface area (Å²) in [6.07, 6.45) is -0.0738. The summed E-state index contributed by atoms with van der Waals surface area (Å²) in [5, 5.41) is 13.3. The van der Waals surface area contributed by atoms with E-state index in [0.717, 1.165) is 0 Å². The average molecular weight is 273 g/mol. The molecule has 0 saturated carbocycles. The highest BCUT2D eigenvalue weighted by molar-refractivity contribution is 5.94. The normalized spacial score (nSPS) is 13.7. The third-order valence-corrected chi connectivity index (χ3v) is 2.75. The number of rotatable bonds is 7. The molecular formula is C12H23N3O4. The maximum absolute atomic E-state index is 11.4. The van der Waals surface area contributed by atoms with Gasteiger partial charge in [-0.2, -0.15) is 0 Å². The molecule has 3 amide bonds. The highest BCUT2D eigenvalue weighted by atomic mass is 16.4. The predicted molar refractivity (Wildman–Crippen MR) is 70.7 cm³/mol. The Morgan fingerprint density at radius 1 is 1.16 bits per heavy atom. The van der Waals surface area contributed by atoms with Gasteiger partial charge in [0.25, 0.3) is 0 Å². The third-order valence-electron chi connectivity index (χ3n) is 2.75. The Morgan fingerprint density at radius 3 is 2.21 bits per heavy atom. The summed E-state index contributed by atoms with van der Waals surface area (Å²) < 4.78 is 0. The van der Waals surface area contributed by atoms with E-state index in [4.69, 9.17) is 5.11 Å². The van der Waals surface area contributed by atoms with Crippen molar-refractivity contribution in [3.8, 4) is 0 Å². The Hall–Kier alpha value is -1.63. The molecule has 0 aromatic heterocycles. The SMILES string of the molecule is CC(CC(=O)O)CC(=O)NC(=O)NCC(C)N(C)C. The van der Waals surface area contributed by atoms with Gasteiger partial charge in [-0.25, -0.2) is 4.79 Å². The maximum atomic E-state index is 11.4. The summed E-state index contributed by atoms with van der Waals surface area (Å²) in [4.78, 5) is 35.2. The van der Waals surface area contributed by atoms with Gasteiger partial charge in [-0.1, -0.05) is 6.92 Å². The number of urea groups is 1. The highest BCUT2D eigenvalue weighted by Gasteiger charge is 2.15. The summed E-state index contributed by atoms with van der Waals surface area (Å²) in [7, 11) is 3.78. The molecule has 0 aliphatic heterocycles. The molecule has 0 radical (unpaired) electrons. The van der Waals surface area contributed by atoms with Gasteiger partial charge in [-0.3, -0.25) is 14.9 Å². The van der Waals surface area contributed by atoms with E-state index < -0.39 is 17.9 Å². The minimum Gasteiger partial charge on any atom is -0.481 e. The fourth-order valence-corrected chi connectivity index (χ4v) is 1.33. The van der Waals surface area contributed by atoms with Crippen LogP contribution in [0, 0.1) is 5.92 Å². The topological polar surface area (TPSA) is 98.7 Å². The Bertz CT molecular complexity index is 331. The van der Waals surface area contributed by atoms with E-state index in [1.54, 1.807) is 6.92 Å². The van der Waals surface area contributed by atoms with Gasteiger partial charge in [0.2, 0.25) is 5.91 Å². The Morgan fingerprint density at radius 2 is 1.74 bits per heavy atom. The molecule has 7 heteroatoms. The van der Waals surface area contributed by atoms with Crippen LogP contribution in [0.2, 0.25) is 0 Å². The van der Waals surface area contributed by atoms with Crippen molar-refractivity contribution in [2.75, 3.05) is 20.6 Å². The molecule has 0 saturated heterocycles. The van der Waals surface area contributed by atoms with E-state index in [2.05, 4.69) is 10.6 Å². The number of likely N-dealkylation sites (N-methyl/N-ethyl adjacent to an activating group) is 1. The van der Waals surface area contributed by atoms with Crippen molar-refractivity contribution >= 4 is 17.9 Å². The number of nitrogens with one attached hydrogen (secondary N) is 2. The van der Waals surface area contributed by atoms with Crippen LogP contribution in [-0.4, -0.2) is 54.6 Å². The van der Waals surface area contributed by atoms with Crippen molar-refractivity contribution < 1.29 is 19.5 Å². The second kappa shape index (κ2) is 8.47. The lowest BCUT2D eigenvalue weighted by Gasteiger charge is -2.20. The van der Waals surface area contributed by atoms with Gasteiger partial charge in [-0.15, -0.1) is 0 Å². The van der Waals surface area contributed by atoms with Crippen LogP contribution in [0.25, 0.3) is 0 Å². The van der Waals surface area contributed by atoms with Crippen molar-refractivity contribution in [3.05, 3.63) is 0 Å².